The molecule has 0 bridgehead atoms. The summed E-state index contributed by atoms with van der Waals surface area (Å²) in [6, 6.07) is 0. The Hall–Kier alpha value is -0.990. The van der Waals surface area contributed by atoms with Crippen LogP contribution in [0.5, 0.6) is 0 Å². The van der Waals surface area contributed by atoms with Gasteiger partial charge in [-0.1, -0.05) is 386 Å². The van der Waals surface area contributed by atoms with Gasteiger partial charge in [-0.15, -0.1) is 0 Å². The van der Waals surface area contributed by atoms with Crippen molar-refractivity contribution in [3.05, 3.63) is 0 Å². The second-order valence-electron chi connectivity index (χ2n) is 27.4. The van der Waals surface area contributed by atoms with Crippen LogP contribution in [-0.4, -0.2) is 70.0 Å². The Labute approximate surface area is 524 Å². The van der Waals surface area contributed by atoms with Gasteiger partial charge < -0.3 is 27.9 Å². The average molecular weight is 1210 g/mol. The van der Waals surface area contributed by atoms with Crippen LogP contribution in [0.25, 0.3) is 0 Å². The van der Waals surface area contributed by atoms with Crippen LogP contribution in [0.2, 0.25) is 0 Å². The fraction of sp³-hybridized carbons (Fsp3) is 0.973. The number of nitrogens with zero attached hydrogens (tertiary/aromatic N) is 1. The van der Waals surface area contributed by atoms with Crippen LogP contribution in [0.4, 0.5) is 0 Å². The van der Waals surface area contributed by atoms with Gasteiger partial charge >= 0.3 is 11.9 Å². The molecule has 0 aromatic rings. The SMILES string of the molecule is CCCCCCCCCCCCCCCCCCCCCCCCCCCCCCCCCCC(=O)OC(COC(=O)CCCCCCCCCCCCCCCCCCCCCCCCCCCCCC)COP(=O)([O-])OCC[N+](C)(C)C. The molecule has 502 valence electrons. The molecule has 0 aliphatic rings. The minimum Gasteiger partial charge on any atom is -0.756 e. The molecule has 0 aromatic carbocycles. The summed E-state index contributed by atoms with van der Waals surface area (Å²) in [5.74, 6) is -0.802. The highest BCUT2D eigenvalue weighted by molar-refractivity contribution is 7.45. The van der Waals surface area contributed by atoms with Crippen molar-refractivity contribution in [2.45, 2.75) is 418 Å². The molecule has 0 rings (SSSR count). The van der Waals surface area contributed by atoms with Crippen LogP contribution in [0.3, 0.4) is 0 Å². The molecule has 0 saturated heterocycles. The molecule has 0 N–H and O–H groups in total. The molecule has 84 heavy (non-hydrogen) atoms. The Kier molecular flexibility index (Phi) is 65.6. The van der Waals surface area contributed by atoms with Crippen molar-refractivity contribution in [1.82, 2.24) is 0 Å². The van der Waals surface area contributed by atoms with Gasteiger partial charge in [0.1, 0.15) is 19.8 Å². The monoisotopic (exact) mass is 1210 g/mol. The summed E-state index contributed by atoms with van der Waals surface area (Å²) in [5, 5.41) is 0. The van der Waals surface area contributed by atoms with E-state index in [-0.39, 0.29) is 32.0 Å². The number of hydrogen-bond acceptors (Lipinski definition) is 8. The van der Waals surface area contributed by atoms with E-state index in [4.69, 9.17) is 18.5 Å². The first kappa shape index (κ1) is 83.0. The topological polar surface area (TPSA) is 111 Å². The van der Waals surface area contributed by atoms with Gasteiger partial charge in [0.05, 0.1) is 27.7 Å². The molecule has 0 spiro atoms. The molecule has 0 aromatic heterocycles. The van der Waals surface area contributed by atoms with E-state index < -0.39 is 26.5 Å². The van der Waals surface area contributed by atoms with Gasteiger partial charge in [0, 0.05) is 12.8 Å². The maximum atomic E-state index is 12.9. The number of ether oxygens (including phenoxy) is 2. The second kappa shape index (κ2) is 66.4. The van der Waals surface area contributed by atoms with E-state index in [1.165, 1.54) is 347 Å². The molecule has 0 amide bonds. The smallest absolute Gasteiger partial charge is 0.306 e. The highest BCUT2D eigenvalue weighted by atomic mass is 31.2. The molecule has 0 saturated carbocycles. The van der Waals surface area contributed by atoms with Gasteiger partial charge in [0.2, 0.25) is 0 Å². The van der Waals surface area contributed by atoms with Gasteiger partial charge in [-0.2, -0.15) is 0 Å². The van der Waals surface area contributed by atoms with Crippen molar-refractivity contribution in [3.8, 4) is 0 Å². The Morgan fingerprint density at radius 2 is 0.536 bits per heavy atom. The molecule has 2 unspecified atom stereocenters. The van der Waals surface area contributed by atoms with E-state index in [2.05, 4.69) is 13.8 Å². The maximum absolute atomic E-state index is 12.9. The van der Waals surface area contributed by atoms with Gasteiger partial charge in [0.25, 0.3) is 7.82 Å². The van der Waals surface area contributed by atoms with E-state index in [1.54, 1.807) is 0 Å². The fourth-order valence-corrected chi connectivity index (χ4v) is 12.6. The predicted octanol–water partition coefficient (Wildman–Crippen LogP) is 23.9. The van der Waals surface area contributed by atoms with Crippen molar-refractivity contribution in [3.63, 3.8) is 0 Å². The zero-order valence-corrected chi connectivity index (χ0v) is 58.3. The number of phosphoric acid groups is 1. The minimum absolute atomic E-state index is 0.0247. The Morgan fingerprint density at radius 1 is 0.321 bits per heavy atom. The number of carbonyl (C=O) groups is 2. The Morgan fingerprint density at radius 3 is 0.762 bits per heavy atom. The summed E-state index contributed by atoms with van der Waals surface area (Å²) in [6.45, 7) is 4.35. The predicted molar refractivity (Wildman–Crippen MR) is 361 cm³/mol. The van der Waals surface area contributed by atoms with Crippen LogP contribution in [0.15, 0.2) is 0 Å². The first-order chi connectivity index (χ1) is 41.0. The zero-order chi connectivity index (χ0) is 61.2. The molecule has 2 atom stereocenters. The molecule has 0 radical (unpaired) electrons. The first-order valence-electron chi connectivity index (χ1n) is 37.7. The van der Waals surface area contributed by atoms with Gasteiger partial charge in [-0.3, -0.25) is 14.2 Å². The van der Waals surface area contributed by atoms with E-state index in [9.17, 15) is 19.0 Å². The largest absolute Gasteiger partial charge is 0.756 e. The summed E-state index contributed by atoms with van der Waals surface area (Å²) < 4.78 is 34.4. The fourth-order valence-electron chi connectivity index (χ4n) is 11.8. The van der Waals surface area contributed by atoms with Gasteiger partial charge in [-0.25, -0.2) is 0 Å². The zero-order valence-electron chi connectivity index (χ0n) is 57.4. The van der Waals surface area contributed by atoms with Crippen LogP contribution in [0, 0.1) is 0 Å². The van der Waals surface area contributed by atoms with E-state index in [0.29, 0.717) is 17.4 Å². The lowest BCUT2D eigenvalue weighted by molar-refractivity contribution is -0.870. The van der Waals surface area contributed by atoms with E-state index >= 15 is 0 Å². The average Bonchev–Trinajstić information content (AvgIpc) is 3.61. The molecule has 10 heteroatoms. The third kappa shape index (κ3) is 70.1. The summed E-state index contributed by atoms with van der Waals surface area (Å²) in [6.07, 6.45) is 80.7. The molecule has 0 aliphatic heterocycles. The highest BCUT2D eigenvalue weighted by Crippen LogP contribution is 2.38. The van der Waals surface area contributed by atoms with Crippen molar-refractivity contribution in [2.24, 2.45) is 0 Å². The third-order valence-corrected chi connectivity index (χ3v) is 18.6. The third-order valence-electron chi connectivity index (χ3n) is 17.6. The first-order valence-corrected chi connectivity index (χ1v) is 39.2. The number of likely N-dealkylation sites (N-methyl/N-ethyl adjacent to an activating group) is 1. The normalized spacial score (nSPS) is 13.0. The molecule has 0 heterocycles. The number of esters is 2. The Bertz CT molecular complexity index is 1370. The van der Waals surface area contributed by atoms with Crippen molar-refractivity contribution >= 4 is 19.8 Å². The van der Waals surface area contributed by atoms with Gasteiger partial charge in [-0.05, 0) is 12.8 Å². The van der Waals surface area contributed by atoms with Gasteiger partial charge in [0.15, 0.2) is 6.10 Å². The molecular formula is C74H148NO8P. The quantitative estimate of drug-likeness (QED) is 0.0256. The maximum Gasteiger partial charge on any atom is 0.306 e. The van der Waals surface area contributed by atoms with Crippen molar-refractivity contribution in [2.75, 3.05) is 47.5 Å². The highest BCUT2D eigenvalue weighted by Gasteiger charge is 2.22. The number of phosphoric ester groups is 1. The summed E-state index contributed by atoms with van der Waals surface area (Å²) >= 11 is 0. The van der Waals surface area contributed by atoms with Crippen LogP contribution in [-0.2, 0) is 32.7 Å². The van der Waals surface area contributed by atoms with E-state index in [0.717, 1.165) is 32.1 Å². The molecule has 0 fully saturated rings. The number of rotatable bonds is 72. The molecule has 0 aliphatic carbocycles. The lowest BCUT2D eigenvalue weighted by Crippen LogP contribution is -2.37. The number of hydrogen-bond donors (Lipinski definition) is 0. The number of unbranched alkanes of at least 4 members (excludes halogenated alkanes) is 58. The number of quaternary nitrogens is 1. The van der Waals surface area contributed by atoms with Crippen LogP contribution in [0.1, 0.15) is 412 Å². The summed E-state index contributed by atoms with van der Waals surface area (Å²) in [7, 11) is 1.20. The summed E-state index contributed by atoms with van der Waals surface area (Å²) in [4.78, 5) is 38.1. The van der Waals surface area contributed by atoms with Crippen molar-refractivity contribution < 1.29 is 42.1 Å². The standard InChI is InChI=1S/C74H148NO8P/c1-6-8-10-12-14-16-18-20-22-24-26-28-30-32-34-36-37-38-39-41-43-45-47-49-51-53-55-57-59-61-63-65-67-74(77)83-72(71-82-84(78,79)81-69-68-75(3,4)5)70-80-73(76)66-64-62-60-58-56-54-52-50-48-46-44-42-40-35-33-31-29-27-25-23-21-19-17-15-13-11-9-7-2/h72H,6-71H2,1-5H3. The van der Waals surface area contributed by atoms with Crippen LogP contribution >= 0.6 is 7.82 Å². The Balaban J connectivity index is 3.92. The lowest BCUT2D eigenvalue weighted by Gasteiger charge is -2.28. The van der Waals surface area contributed by atoms with Crippen molar-refractivity contribution in [1.29, 1.82) is 0 Å². The lowest BCUT2D eigenvalue weighted by atomic mass is 10.0. The number of carbonyl (C=O) groups excluding carboxylic acids is 2. The molecular weight excluding hydrogens is 1060 g/mol. The summed E-state index contributed by atoms with van der Waals surface area (Å²) in [5.41, 5.74) is 0. The second-order valence-corrected chi connectivity index (χ2v) is 28.8. The minimum atomic E-state index is -4.64. The van der Waals surface area contributed by atoms with Crippen LogP contribution < -0.4 is 4.89 Å². The van der Waals surface area contributed by atoms with E-state index in [1.807, 2.05) is 21.1 Å². The molecule has 9 nitrogen and oxygen atoms in total.